The molecule has 7 nitrogen and oxygen atoms in total. The molecule has 1 aliphatic rings. The summed E-state index contributed by atoms with van der Waals surface area (Å²) in [6.45, 7) is 6.78. The summed E-state index contributed by atoms with van der Waals surface area (Å²) < 4.78 is 22.3. The van der Waals surface area contributed by atoms with Gasteiger partial charge in [-0.1, -0.05) is 26.0 Å². The zero-order chi connectivity index (χ0) is 25.9. The van der Waals surface area contributed by atoms with Gasteiger partial charge in [-0.05, 0) is 66.0 Å². The summed E-state index contributed by atoms with van der Waals surface area (Å²) in [5.41, 5.74) is 5.86. The number of nitrogens with one attached hydrogen (secondary N) is 1. The van der Waals surface area contributed by atoms with Crippen LogP contribution in [0.3, 0.4) is 0 Å². The summed E-state index contributed by atoms with van der Waals surface area (Å²) >= 11 is 0. The highest BCUT2D eigenvalue weighted by Crippen LogP contribution is 2.40. The summed E-state index contributed by atoms with van der Waals surface area (Å²) in [7, 11) is 2.99. The van der Waals surface area contributed by atoms with Crippen LogP contribution in [-0.2, 0) is 18.3 Å². The van der Waals surface area contributed by atoms with Crippen LogP contribution in [0.2, 0.25) is 0 Å². The van der Waals surface area contributed by atoms with E-state index in [0.29, 0.717) is 29.4 Å². The monoisotopic (exact) mass is 493 g/mol. The number of hydrogen-bond donors (Lipinski definition) is 2. The Morgan fingerprint density at radius 1 is 1.11 bits per heavy atom. The molecule has 0 radical (unpaired) electrons. The molecule has 0 aliphatic heterocycles. The number of benzene rings is 2. The van der Waals surface area contributed by atoms with E-state index in [9.17, 15) is 4.79 Å². The molecule has 0 atom stereocenters. The predicted molar refractivity (Wildman–Crippen MR) is 139 cm³/mol. The minimum absolute atomic E-state index is 0.118. The number of methoxy groups -OCH3 is 2. The molecule has 0 spiro atoms. The highest BCUT2D eigenvalue weighted by molar-refractivity contribution is 6.04. The molecule has 0 fully saturated rings. The fraction of sp³-hybridized carbons (Fsp3) is 0.414. The first-order valence-electron chi connectivity index (χ1n) is 12.3. The van der Waals surface area contributed by atoms with Gasteiger partial charge < -0.3 is 29.1 Å². The molecule has 7 heteroatoms. The maximum absolute atomic E-state index is 13.0. The number of rotatable bonds is 9. The van der Waals surface area contributed by atoms with Gasteiger partial charge in [0.2, 0.25) is 0 Å². The number of ether oxygens (including phenoxy) is 3. The second-order valence-electron chi connectivity index (χ2n) is 9.84. The van der Waals surface area contributed by atoms with Crippen LogP contribution in [0.25, 0.3) is 0 Å². The summed E-state index contributed by atoms with van der Waals surface area (Å²) in [4.78, 5) is 13.0. The number of anilines is 1. The van der Waals surface area contributed by atoms with Gasteiger partial charge in [-0.15, -0.1) is 0 Å². The maximum atomic E-state index is 13.0. The topological polar surface area (TPSA) is 90.2 Å². The summed E-state index contributed by atoms with van der Waals surface area (Å²) in [5, 5.41) is 11.8. The molecule has 192 valence electrons. The van der Waals surface area contributed by atoms with E-state index in [0.717, 1.165) is 12.2 Å². The molecule has 0 bridgehead atoms. The second-order valence-corrected chi connectivity index (χ2v) is 9.84. The van der Waals surface area contributed by atoms with Crippen LogP contribution in [0.5, 0.6) is 17.2 Å². The lowest BCUT2D eigenvalue weighted by molar-refractivity contribution is 0.0994. The Balaban J connectivity index is 1.53. The van der Waals surface area contributed by atoms with Crippen molar-refractivity contribution in [1.29, 1.82) is 0 Å². The molecule has 2 N–H and O–H groups in total. The number of aliphatic hydroxyl groups excluding tert-OH is 1. The van der Waals surface area contributed by atoms with Gasteiger partial charge in [-0.25, -0.2) is 0 Å². The van der Waals surface area contributed by atoms with Gasteiger partial charge in [0.05, 0.1) is 20.8 Å². The number of hydrogen-bond acceptors (Lipinski definition) is 6. The first-order chi connectivity index (χ1) is 17.2. The molecular weight excluding hydrogens is 458 g/mol. The number of furan rings is 1. The number of fused-ring (bicyclic) bond motifs is 1. The largest absolute Gasteiger partial charge is 0.494 e. The zero-order valence-electron chi connectivity index (χ0n) is 21.7. The average Bonchev–Trinajstić information content (AvgIpc) is 3.32. The van der Waals surface area contributed by atoms with Crippen LogP contribution >= 0.6 is 0 Å². The van der Waals surface area contributed by atoms with Gasteiger partial charge in [0.1, 0.15) is 35.3 Å². The first kappa shape index (κ1) is 25.6. The number of aryl methyl sites for hydroxylation is 2. The molecule has 0 saturated carbocycles. The standard InChI is InChI=1S/C29H35NO6/c1-18-13-19-7-6-10-29(2,3)23(19)15-20(18)14-21-8-9-24(36-21)28(32)30-27-25(33-4)16-22(35-12-11-31)17-26(27)34-5/h8-9,13,15-17,31H,6-7,10-12,14H2,1-5H3,(H,30,32). The molecule has 4 rings (SSSR count). The van der Waals surface area contributed by atoms with E-state index in [1.165, 1.54) is 49.3 Å². The average molecular weight is 494 g/mol. The van der Waals surface area contributed by atoms with Gasteiger partial charge in [0.25, 0.3) is 5.91 Å². The molecule has 0 saturated heterocycles. The van der Waals surface area contributed by atoms with E-state index in [-0.39, 0.29) is 24.4 Å². The Labute approximate surface area is 212 Å². The van der Waals surface area contributed by atoms with E-state index in [2.05, 4.69) is 38.2 Å². The lowest BCUT2D eigenvalue weighted by Crippen LogP contribution is -2.24. The van der Waals surface area contributed by atoms with Crippen molar-refractivity contribution in [2.45, 2.75) is 51.9 Å². The number of aliphatic hydroxyl groups is 1. The van der Waals surface area contributed by atoms with Gasteiger partial charge >= 0.3 is 0 Å². The zero-order valence-corrected chi connectivity index (χ0v) is 21.7. The highest BCUT2D eigenvalue weighted by atomic mass is 16.5. The van der Waals surface area contributed by atoms with Crippen molar-refractivity contribution in [3.8, 4) is 17.2 Å². The van der Waals surface area contributed by atoms with Crippen molar-refractivity contribution in [1.82, 2.24) is 0 Å². The Bertz CT molecular complexity index is 1220. The number of carbonyl (C=O) groups excluding carboxylic acids is 1. The van der Waals surface area contributed by atoms with Crippen molar-refractivity contribution in [2.24, 2.45) is 0 Å². The molecule has 1 aliphatic carbocycles. The van der Waals surface area contributed by atoms with Crippen LogP contribution in [0.1, 0.15) is 65.3 Å². The SMILES string of the molecule is COc1cc(OCCO)cc(OC)c1NC(=O)c1ccc(Cc2cc3c(cc2C)CCCC3(C)C)o1. The van der Waals surface area contributed by atoms with Gasteiger partial charge in [-0.2, -0.15) is 0 Å². The molecule has 0 unspecified atom stereocenters. The molecule has 3 aromatic rings. The minimum atomic E-state index is -0.412. The fourth-order valence-corrected chi connectivity index (χ4v) is 4.91. The Kier molecular flexibility index (Phi) is 7.59. The lowest BCUT2D eigenvalue weighted by atomic mass is 9.71. The second kappa shape index (κ2) is 10.7. The molecular formula is C29H35NO6. The van der Waals surface area contributed by atoms with Crippen molar-refractivity contribution in [3.63, 3.8) is 0 Å². The first-order valence-corrected chi connectivity index (χ1v) is 12.3. The van der Waals surface area contributed by atoms with E-state index in [1.54, 1.807) is 18.2 Å². The third-order valence-corrected chi connectivity index (χ3v) is 6.87. The summed E-state index contributed by atoms with van der Waals surface area (Å²) in [6.07, 6.45) is 4.16. The molecule has 1 heterocycles. The van der Waals surface area contributed by atoms with E-state index in [1.807, 2.05) is 6.07 Å². The molecule has 36 heavy (non-hydrogen) atoms. The van der Waals surface area contributed by atoms with Crippen LogP contribution in [0, 0.1) is 6.92 Å². The van der Waals surface area contributed by atoms with Crippen molar-refractivity contribution >= 4 is 11.6 Å². The fourth-order valence-electron chi connectivity index (χ4n) is 4.91. The maximum Gasteiger partial charge on any atom is 0.291 e. The third kappa shape index (κ3) is 5.36. The Hall–Kier alpha value is -3.45. The quantitative estimate of drug-likeness (QED) is 0.413. The van der Waals surface area contributed by atoms with Crippen molar-refractivity contribution in [2.75, 3.05) is 32.8 Å². The van der Waals surface area contributed by atoms with E-state index < -0.39 is 5.91 Å². The highest BCUT2D eigenvalue weighted by Gasteiger charge is 2.28. The smallest absolute Gasteiger partial charge is 0.291 e. The third-order valence-electron chi connectivity index (χ3n) is 6.87. The van der Waals surface area contributed by atoms with Gasteiger partial charge in [0.15, 0.2) is 5.76 Å². The van der Waals surface area contributed by atoms with Crippen LogP contribution in [-0.4, -0.2) is 38.4 Å². The minimum Gasteiger partial charge on any atom is -0.494 e. The molecule has 1 amide bonds. The number of carbonyl (C=O) groups is 1. The van der Waals surface area contributed by atoms with Crippen molar-refractivity contribution in [3.05, 3.63) is 70.2 Å². The van der Waals surface area contributed by atoms with E-state index in [4.69, 9.17) is 23.7 Å². The predicted octanol–water partition coefficient (Wildman–Crippen LogP) is 5.43. The van der Waals surface area contributed by atoms with Gasteiger partial charge in [0, 0.05) is 18.6 Å². The normalized spacial score (nSPS) is 14.2. The van der Waals surface area contributed by atoms with Crippen LogP contribution in [0.15, 0.2) is 40.8 Å². The number of amides is 1. The summed E-state index contributed by atoms with van der Waals surface area (Å²) in [6, 6.07) is 11.4. The molecule has 1 aromatic heterocycles. The summed E-state index contributed by atoms with van der Waals surface area (Å²) in [5.74, 6) is 1.71. The van der Waals surface area contributed by atoms with Crippen molar-refractivity contribution < 1.29 is 28.5 Å². The van der Waals surface area contributed by atoms with Gasteiger partial charge in [-0.3, -0.25) is 4.79 Å². The Morgan fingerprint density at radius 3 is 2.50 bits per heavy atom. The van der Waals surface area contributed by atoms with Crippen LogP contribution in [0.4, 0.5) is 5.69 Å². The lowest BCUT2D eigenvalue weighted by Gasteiger charge is -2.33. The van der Waals surface area contributed by atoms with E-state index >= 15 is 0 Å². The Morgan fingerprint density at radius 2 is 1.83 bits per heavy atom. The molecule has 2 aromatic carbocycles. The van der Waals surface area contributed by atoms with Crippen LogP contribution < -0.4 is 19.5 Å².